The Morgan fingerprint density at radius 2 is 1.94 bits per heavy atom. The summed E-state index contributed by atoms with van der Waals surface area (Å²) in [5, 5.41) is 7.76. The lowest BCUT2D eigenvalue weighted by atomic mass is 10.2. The quantitative estimate of drug-likeness (QED) is 0.686. The fourth-order valence-electron chi connectivity index (χ4n) is 1.71. The summed E-state index contributed by atoms with van der Waals surface area (Å²) in [7, 11) is 0. The molecule has 6 nitrogen and oxygen atoms in total. The Bertz CT molecular complexity index is 653. The molecular weight excluding hydrogens is 232 g/mol. The van der Waals surface area contributed by atoms with Crippen molar-refractivity contribution >= 4 is 0 Å². The van der Waals surface area contributed by atoms with Crippen LogP contribution in [-0.2, 0) is 0 Å². The van der Waals surface area contributed by atoms with Crippen LogP contribution < -0.4 is 0 Å². The first-order valence-electron chi connectivity index (χ1n) is 5.44. The molecule has 6 heteroatoms. The van der Waals surface area contributed by atoms with Gasteiger partial charge in [0.2, 0.25) is 5.82 Å². The molecule has 0 spiro atoms. The van der Waals surface area contributed by atoms with E-state index in [-0.39, 0.29) is 0 Å². The Morgan fingerprint density at radius 1 is 1.06 bits per heavy atom. The van der Waals surface area contributed by atoms with Gasteiger partial charge in [-0.2, -0.15) is 4.98 Å². The van der Waals surface area contributed by atoms with Crippen LogP contribution in [0, 0.1) is 13.8 Å². The molecule has 0 aliphatic rings. The van der Waals surface area contributed by atoms with Crippen molar-refractivity contribution in [2.24, 2.45) is 0 Å². The van der Waals surface area contributed by atoms with Crippen molar-refractivity contribution in [3.63, 3.8) is 0 Å². The second-order valence-electron chi connectivity index (χ2n) is 3.84. The van der Waals surface area contributed by atoms with Gasteiger partial charge in [0.1, 0.15) is 17.0 Å². The zero-order chi connectivity index (χ0) is 12.5. The molecule has 3 heterocycles. The second-order valence-corrected chi connectivity index (χ2v) is 3.84. The third kappa shape index (κ3) is 1.67. The summed E-state index contributed by atoms with van der Waals surface area (Å²) in [5.74, 6) is 1.50. The molecule has 0 atom stereocenters. The molecule has 0 aliphatic carbocycles. The highest BCUT2D eigenvalue weighted by atomic mass is 16.5. The maximum atomic E-state index is 5.22. The van der Waals surface area contributed by atoms with E-state index in [0.29, 0.717) is 23.2 Å². The molecule has 0 radical (unpaired) electrons. The van der Waals surface area contributed by atoms with Gasteiger partial charge in [-0.25, -0.2) is 0 Å². The summed E-state index contributed by atoms with van der Waals surface area (Å²) >= 11 is 0. The minimum Gasteiger partial charge on any atom is -0.361 e. The maximum absolute atomic E-state index is 5.22. The van der Waals surface area contributed by atoms with Crippen molar-refractivity contribution in [1.82, 2.24) is 20.3 Å². The van der Waals surface area contributed by atoms with Crippen molar-refractivity contribution in [3.05, 3.63) is 35.9 Å². The molecule has 3 aromatic rings. The summed E-state index contributed by atoms with van der Waals surface area (Å²) in [6.45, 7) is 3.64. The summed E-state index contributed by atoms with van der Waals surface area (Å²) in [4.78, 5) is 8.47. The van der Waals surface area contributed by atoms with Crippen molar-refractivity contribution in [2.45, 2.75) is 13.8 Å². The largest absolute Gasteiger partial charge is 0.361 e. The summed E-state index contributed by atoms with van der Waals surface area (Å²) in [5.41, 5.74) is 2.13. The number of hydrogen-bond acceptors (Lipinski definition) is 6. The van der Waals surface area contributed by atoms with E-state index in [9.17, 15) is 0 Å². The number of aromatic nitrogens is 4. The molecule has 0 aromatic carbocycles. The number of hydrogen-bond donors (Lipinski definition) is 0. The van der Waals surface area contributed by atoms with Crippen LogP contribution in [0.2, 0.25) is 0 Å². The van der Waals surface area contributed by atoms with Gasteiger partial charge >= 0.3 is 0 Å². The third-order valence-corrected chi connectivity index (χ3v) is 2.57. The van der Waals surface area contributed by atoms with Crippen LogP contribution in [-0.4, -0.2) is 20.3 Å². The predicted molar refractivity (Wildman–Crippen MR) is 62.5 cm³/mol. The molecule has 0 unspecified atom stereocenters. The Hall–Kier alpha value is -2.50. The molecule has 0 N–H and O–H groups in total. The van der Waals surface area contributed by atoms with Crippen LogP contribution >= 0.6 is 0 Å². The highest BCUT2D eigenvalue weighted by Gasteiger charge is 2.19. The predicted octanol–water partition coefficient (Wildman–Crippen LogP) is 2.40. The topological polar surface area (TPSA) is 77.8 Å². The summed E-state index contributed by atoms with van der Waals surface area (Å²) in [6.07, 6.45) is 1.68. The van der Waals surface area contributed by atoms with E-state index in [2.05, 4.69) is 20.3 Å². The van der Waals surface area contributed by atoms with Gasteiger partial charge in [0.05, 0.1) is 5.69 Å². The van der Waals surface area contributed by atoms with E-state index < -0.39 is 0 Å². The maximum Gasteiger partial charge on any atom is 0.263 e. The van der Waals surface area contributed by atoms with Crippen LogP contribution in [0.5, 0.6) is 0 Å². The van der Waals surface area contributed by atoms with Gasteiger partial charge in [-0.1, -0.05) is 16.4 Å². The van der Waals surface area contributed by atoms with Gasteiger partial charge in [0.15, 0.2) is 0 Å². The van der Waals surface area contributed by atoms with Crippen LogP contribution in [0.15, 0.2) is 33.4 Å². The molecule has 0 saturated heterocycles. The van der Waals surface area contributed by atoms with Crippen molar-refractivity contribution in [3.8, 4) is 23.0 Å². The Morgan fingerprint density at radius 3 is 2.61 bits per heavy atom. The second kappa shape index (κ2) is 4.06. The minimum absolute atomic E-state index is 0.395. The van der Waals surface area contributed by atoms with Crippen LogP contribution in [0.3, 0.4) is 0 Å². The zero-order valence-electron chi connectivity index (χ0n) is 9.91. The lowest BCUT2D eigenvalue weighted by molar-refractivity contribution is 0.392. The van der Waals surface area contributed by atoms with Gasteiger partial charge in [-0.15, -0.1) is 0 Å². The van der Waals surface area contributed by atoms with Crippen molar-refractivity contribution in [1.29, 1.82) is 0 Å². The Kier molecular flexibility index (Phi) is 2.40. The fraction of sp³-hybridized carbons (Fsp3) is 0.167. The molecule has 18 heavy (non-hydrogen) atoms. The summed E-state index contributed by atoms with van der Waals surface area (Å²) in [6, 6.07) is 5.52. The molecule has 3 aromatic heterocycles. The van der Waals surface area contributed by atoms with E-state index in [1.165, 1.54) is 0 Å². The molecule has 0 bridgehead atoms. The molecule has 3 rings (SSSR count). The molecule has 0 aliphatic heterocycles. The van der Waals surface area contributed by atoms with Gasteiger partial charge in [-0.05, 0) is 26.0 Å². The minimum atomic E-state index is 0.395. The van der Waals surface area contributed by atoms with Crippen LogP contribution in [0.4, 0.5) is 0 Å². The highest BCUT2D eigenvalue weighted by molar-refractivity contribution is 5.60. The molecular formula is C12H10N4O2. The number of nitrogens with zero attached hydrogens (tertiary/aromatic N) is 4. The zero-order valence-corrected chi connectivity index (χ0v) is 9.91. The molecule has 0 fully saturated rings. The first-order chi connectivity index (χ1) is 8.75. The summed E-state index contributed by atoms with van der Waals surface area (Å²) < 4.78 is 10.3. The molecule has 0 saturated carbocycles. The monoisotopic (exact) mass is 242 g/mol. The lowest BCUT2D eigenvalue weighted by Crippen LogP contribution is -1.85. The van der Waals surface area contributed by atoms with E-state index in [0.717, 1.165) is 11.3 Å². The number of aryl methyl sites for hydroxylation is 2. The van der Waals surface area contributed by atoms with Gasteiger partial charge in [0.25, 0.3) is 5.89 Å². The first kappa shape index (κ1) is 10.6. The Labute approximate surface area is 103 Å². The molecule has 90 valence electrons. The van der Waals surface area contributed by atoms with Gasteiger partial charge in [0, 0.05) is 6.20 Å². The first-order valence-corrected chi connectivity index (χ1v) is 5.44. The lowest BCUT2D eigenvalue weighted by Gasteiger charge is -1.90. The smallest absolute Gasteiger partial charge is 0.263 e. The number of rotatable bonds is 2. The van der Waals surface area contributed by atoms with E-state index in [1.807, 2.05) is 25.1 Å². The van der Waals surface area contributed by atoms with Crippen molar-refractivity contribution in [2.75, 3.05) is 0 Å². The Balaban J connectivity index is 2.05. The van der Waals surface area contributed by atoms with E-state index >= 15 is 0 Å². The van der Waals surface area contributed by atoms with Gasteiger partial charge in [-0.3, -0.25) is 4.98 Å². The van der Waals surface area contributed by atoms with Crippen molar-refractivity contribution < 1.29 is 9.05 Å². The highest BCUT2D eigenvalue weighted by Crippen LogP contribution is 2.26. The molecule has 0 amide bonds. The van der Waals surface area contributed by atoms with E-state index in [4.69, 9.17) is 9.05 Å². The van der Waals surface area contributed by atoms with Crippen LogP contribution in [0.1, 0.15) is 11.5 Å². The standard InChI is InChI=1S/C12H10N4O2/c1-7-10(8(2)17-15-7)12-14-11(16-18-12)9-5-3-4-6-13-9/h3-6H,1-2H3. The van der Waals surface area contributed by atoms with Gasteiger partial charge < -0.3 is 9.05 Å². The van der Waals surface area contributed by atoms with Crippen LogP contribution in [0.25, 0.3) is 23.0 Å². The number of pyridine rings is 1. The average molecular weight is 242 g/mol. The van der Waals surface area contributed by atoms with E-state index in [1.54, 1.807) is 13.1 Å². The average Bonchev–Trinajstić information content (AvgIpc) is 2.98. The SMILES string of the molecule is Cc1noc(C)c1-c1nc(-c2ccccn2)no1. The fourth-order valence-corrected chi connectivity index (χ4v) is 1.71. The normalized spacial score (nSPS) is 10.8. The third-order valence-electron chi connectivity index (χ3n) is 2.57.